The minimum Gasteiger partial charge on any atom is -0.484 e. The number of hydrogen-bond donors (Lipinski definition) is 2. The van der Waals surface area contributed by atoms with Crippen molar-refractivity contribution >= 4 is 24.2 Å². The van der Waals surface area contributed by atoms with Crippen molar-refractivity contribution in [3.8, 4) is 5.75 Å². The molecule has 0 radical (unpaired) electrons. The number of benzene rings is 1. The Morgan fingerprint density at radius 1 is 1.28 bits per heavy atom. The first-order valence-corrected chi connectivity index (χ1v) is 10.5. The van der Waals surface area contributed by atoms with Gasteiger partial charge in [-0.3, -0.25) is 9.59 Å². The van der Waals surface area contributed by atoms with Crippen LogP contribution in [0.1, 0.15) is 51.0 Å². The van der Waals surface area contributed by atoms with Crippen LogP contribution in [0.3, 0.4) is 0 Å². The summed E-state index contributed by atoms with van der Waals surface area (Å²) >= 11 is 0. The summed E-state index contributed by atoms with van der Waals surface area (Å²) in [6.45, 7) is 7.35. The number of hydrogen-bond acceptors (Lipinski definition) is 4. The van der Waals surface area contributed by atoms with Gasteiger partial charge in [0.15, 0.2) is 6.61 Å². The Morgan fingerprint density at radius 2 is 2.10 bits per heavy atom. The summed E-state index contributed by atoms with van der Waals surface area (Å²) in [7, 11) is 0. The fraction of sp³-hybridized carbons (Fsp3) is 0.636. The Morgan fingerprint density at radius 3 is 2.83 bits per heavy atom. The number of rotatable bonds is 7. The summed E-state index contributed by atoms with van der Waals surface area (Å²) in [6, 6.07) is 7.89. The fourth-order valence-electron chi connectivity index (χ4n) is 3.93. The predicted octanol–water partition coefficient (Wildman–Crippen LogP) is 2.72. The normalized spacial score (nSPS) is 21.6. The van der Waals surface area contributed by atoms with E-state index in [2.05, 4.69) is 30.5 Å². The third-order valence-electron chi connectivity index (χ3n) is 5.70. The Hall–Kier alpha value is -1.79. The van der Waals surface area contributed by atoms with Crippen LogP contribution in [0, 0.1) is 5.92 Å². The fourth-order valence-corrected chi connectivity index (χ4v) is 3.93. The lowest BCUT2D eigenvalue weighted by Gasteiger charge is -2.33. The van der Waals surface area contributed by atoms with Crippen molar-refractivity contribution in [2.75, 3.05) is 32.8 Å². The highest BCUT2D eigenvalue weighted by molar-refractivity contribution is 5.85. The standard InChI is InChI=1S/C22H33N3O3.ClH/c1-16(2)18-7-3-8-19(12-18)28-15-21(26)25-11-5-6-17(14-25)13-24-22(27)20-9-4-10-23-20;/h3,7-8,12,16-17,20,23H,4-6,9-11,13-15H2,1-2H3,(H,24,27);1H. The number of halogens is 1. The van der Waals surface area contributed by atoms with E-state index in [1.54, 1.807) is 0 Å². The molecule has 0 aliphatic carbocycles. The van der Waals surface area contributed by atoms with Crippen molar-refractivity contribution in [2.24, 2.45) is 5.92 Å². The van der Waals surface area contributed by atoms with Crippen LogP contribution in [0.25, 0.3) is 0 Å². The van der Waals surface area contributed by atoms with Gasteiger partial charge in [0.25, 0.3) is 5.91 Å². The van der Waals surface area contributed by atoms with Crippen LogP contribution in [-0.2, 0) is 9.59 Å². The van der Waals surface area contributed by atoms with Crippen LogP contribution in [0.4, 0.5) is 0 Å². The molecule has 2 unspecified atom stereocenters. The van der Waals surface area contributed by atoms with Gasteiger partial charge in [-0.15, -0.1) is 12.4 Å². The average molecular weight is 424 g/mol. The lowest BCUT2D eigenvalue weighted by atomic mass is 9.97. The van der Waals surface area contributed by atoms with Gasteiger partial charge in [-0.05, 0) is 61.8 Å². The molecule has 2 atom stereocenters. The molecule has 162 valence electrons. The Labute approximate surface area is 180 Å². The highest BCUT2D eigenvalue weighted by Crippen LogP contribution is 2.21. The quantitative estimate of drug-likeness (QED) is 0.707. The van der Waals surface area contributed by atoms with Gasteiger partial charge >= 0.3 is 0 Å². The molecule has 2 aliphatic heterocycles. The second-order valence-corrected chi connectivity index (χ2v) is 8.26. The van der Waals surface area contributed by atoms with Gasteiger partial charge in [0.05, 0.1) is 6.04 Å². The van der Waals surface area contributed by atoms with E-state index in [-0.39, 0.29) is 36.9 Å². The first kappa shape index (κ1) is 23.5. The maximum atomic E-state index is 12.6. The Kier molecular flexibility index (Phi) is 9.24. The van der Waals surface area contributed by atoms with Crippen molar-refractivity contribution in [1.29, 1.82) is 0 Å². The van der Waals surface area contributed by atoms with E-state index in [0.29, 0.717) is 24.9 Å². The minimum atomic E-state index is -0.0451. The molecule has 2 heterocycles. The van der Waals surface area contributed by atoms with Crippen molar-refractivity contribution in [1.82, 2.24) is 15.5 Å². The molecule has 29 heavy (non-hydrogen) atoms. The molecule has 2 N–H and O–H groups in total. The summed E-state index contributed by atoms with van der Waals surface area (Å²) in [5, 5.41) is 6.28. The highest BCUT2D eigenvalue weighted by Gasteiger charge is 2.26. The molecule has 2 fully saturated rings. The van der Waals surface area contributed by atoms with E-state index in [0.717, 1.165) is 44.5 Å². The van der Waals surface area contributed by atoms with Gasteiger partial charge in [-0.2, -0.15) is 0 Å². The average Bonchev–Trinajstić information content (AvgIpc) is 3.25. The van der Waals surface area contributed by atoms with Gasteiger partial charge in [0, 0.05) is 19.6 Å². The molecule has 6 nitrogen and oxygen atoms in total. The van der Waals surface area contributed by atoms with Crippen molar-refractivity contribution in [3.63, 3.8) is 0 Å². The molecule has 2 saturated heterocycles. The van der Waals surface area contributed by atoms with Crippen LogP contribution < -0.4 is 15.4 Å². The zero-order valence-electron chi connectivity index (χ0n) is 17.5. The molecule has 7 heteroatoms. The Balaban J connectivity index is 0.00000300. The maximum Gasteiger partial charge on any atom is 0.260 e. The summed E-state index contributed by atoms with van der Waals surface area (Å²) in [5.41, 5.74) is 1.20. The number of carbonyl (C=O) groups excluding carboxylic acids is 2. The zero-order valence-corrected chi connectivity index (χ0v) is 18.3. The molecular formula is C22H34ClN3O3. The molecule has 0 bridgehead atoms. The molecule has 2 aliphatic rings. The summed E-state index contributed by atoms with van der Waals surface area (Å²) < 4.78 is 5.74. The summed E-state index contributed by atoms with van der Waals surface area (Å²) in [4.78, 5) is 26.6. The van der Waals surface area contributed by atoms with Gasteiger partial charge in [0.2, 0.25) is 5.91 Å². The minimum absolute atomic E-state index is 0. The second-order valence-electron chi connectivity index (χ2n) is 8.26. The first-order valence-electron chi connectivity index (χ1n) is 10.5. The van der Waals surface area contributed by atoms with Gasteiger partial charge in [-0.1, -0.05) is 26.0 Å². The lowest BCUT2D eigenvalue weighted by molar-refractivity contribution is -0.135. The molecule has 0 aromatic heterocycles. The molecule has 0 saturated carbocycles. The lowest BCUT2D eigenvalue weighted by Crippen LogP contribution is -2.47. The van der Waals surface area contributed by atoms with E-state index in [1.807, 2.05) is 23.1 Å². The summed E-state index contributed by atoms with van der Waals surface area (Å²) in [6.07, 6.45) is 3.98. The molecule has 1 aromatic carbocycles. The predicted molar refractivity (Wildman–Crippen MR) is 117 cm³/mol. The van der Waals surface area contributed by atoms with Crippen LogP contribution >= 0.6 is 12.4 Å². The third kappa shape index (κ3) is 6.89. The van der Waals surface area contributed by atoms with Gasteiger partial charge in [0.1, 0.15) is 5.75 Å². The molecule has 3 rings (SSSR count). The molecule has 2 amide bonds. The number of piperidine rings is 1. The van der Waals surface area contributed by atoms with Crippen LogP contribution in [0.15, 0.2) is 24.3 Å². The zero-order chi connectivity index (χ0) is 19.9. The number of likely N-dealkylation sites (tertiary alicyclic amines) is 1. The largest absolute Gasteiger partial charge is 0.484 e. The monoisotopic (exact) mass is 423 g/mol. The van der Waals surface area contributed by atoms with E-state index in [9.17, 15) is 9.59 Å². The SMILES string of the molecule is CC(C)c1cccc(OCC(=O)N2CCCC(CNC(=O)C3CCCN3)C2)c1.Cl. The third-order valence-corrected chi connectivity index (χ3v) is 5.70. The van der Waals surface area contributed by atoms with E-state index < -0.39 is 0 Å². The van der Waals surface area contributed by atoms with Crippen molar-refractivity contribution < 1.29 is 14.3 Å². The van der Waals surface area contributed by atoms with Crippen LogP contribution in [-0.4, -0.2) is 55.5 Å². The number of carbonyl (C=O) groups is 2. The second kappa shape index (κ2) is 11.4. The molecule has 1 aromatic rings. The number of ether oxygens (including phenoxy) is 1. The van der Waals surface area contributed by atoms with Crippen LogP contribution in [0.2, 0.25) is 0 Å². The topological polar surface area (TPSA) is 70.7 Å². The number of nitrogens with one attached hydrogen (secondary N) is 2. The maximum absolute atomic E-state index is 12.6. The van der Waals surface area contributed by atoms with Gasteiger partial charge < -0.3 is 20.3 Å². The molecule has 0 spiro atoms. The first-order chi connectivity index (χ1) is 13.5. The molecular weight excluding hydrogens is 390 g/mol. The van der Waals surface area contributed by atoms with E-state index >= 15 is 0 Å². The number of amides is 2. The van der Waals surface area contributed by atoms with Crippen molar-refractivity contribution in [2.45, 2.75) is 51.5 Å². The highest BCUT2D eigenvalue weighted by atomic mass is 35.5. The Bertz CT molecular complexity index is 677. The van der Waals surface area contributed by atoms with Crippen LogP contribution in [0.5, 0.6) is 5.75 Å². The van der Waals surface area contributed by atoms with E-state index in [1.165, 1.54) is 5.56 Å². The smallest absolute Gasteiger partial charge is 0.260 e. The van der Waals surface area contributed by atoms with E-state index in [4.69, 9.17) is 4.74 Å². The van der Waals surface area contributed by atoms with Crippen molar-refractivity contribution in [3.05, 3.63) is 29.8 Å². The summed E-state index contributed by atoms with van der Waals surface area (Å²) in [5.74, 6) is 1.59. The van der Waals surface area contributed by atoms with Gasteiger partial charge in [-0.25, -0.2) is 0 Å². The number of nitrogens with zero attached hydrogens (tertiary/aromatic N) is 1.